The molecule has 0 fully saturated rings. The molecule has 0 saturated carbocycles. The largest absolute Gasteiger partial charge is 0.480 e. The van der Waals surface area contributed by atoms with E-state index in [-0.39, 0.29) is 12.0 Å². The quantitative estimate of drug-likeness (QED) is 0.651. The predicted molar refractivity (Wildman–Crippen MR) is 66.1 cm³/mol. The van der Waals surface area contributed by atoms with Crippen LogP contribution in [-0.2, 0) is 11.8 Å². The lowest BCUT2D eigenvalue weighted by Crippen LogP contribution is -2.53. The Morgan fingerprint density at radius 3 is 2.53 bits per heavy atom. The molecular weight excluding hydrogens is 254 g/mol. The summed E-state index contributed by atoms with van der Waals surface area (Å²) in [6, 6.07) is 0. The number of amides is 1. The number of nitrogens with zero attached hydrogens (tertiary/aromatic N) is 1. The molecule has 0 aliphatic carbocycles. The lowest BCUT2D eigenvalue weighted by Gasteiger charge is -2.24. The molecule has 0 saturated heterocycles. The van der Waals surface area contributed by atoms with Crippen molar-refractivity contribution in [2.24, 2.45) is 7.05 Å². The number of carboxylic acid groups (broad SMARTS) is 1. The lowest BCUT2D eigenvalue weighted by atomic mass is 9.99. The van der Waals surface area contributed by atoms with Gasteiger partial charge >= 0.3 is 11.7 Å². The van der Waals surface area contributed by atoms with Gasteiger partial charge in [-0.15, -0.1) is 0 Å². The van der Waals surface area contributed by atoms with Crippen molar-refractivity contribution in [3.05, 3.63) is 32.6 Å². The molecule has 0 aromatic carbocycles. The van der Waals surface area contributed by atoms with E-state index in [0.717, 1.165) is 10.8 Å². The summed E-state index contributed by atoms with van der Waals surface area (Å²) in [4.78, 5) is 48.0. The van der Waals surface area contributed by atoms with E-state index < -0.39 is 28.7 Å². The monoisotopic (exact) mass is 269 g/mol. The number of aromatic nitrogens is 2. The fourth-order valence-electron chi connectivity index (χ4n) is 1.34. The minimum Gasteiger partial charge on any atom is -0.480 e. The van der Waals surface area contributed by atoms with Gasteiger partial charge in [0.05, 0.1) is 0 Å². The zero-order valence-electron chi connectivity index (χ0n) is 10.8. The van der Waals surface area contributed by atoms with Gasteiger partial charge in [0, 0.05) is 13.2 Å². The molecule has 1 amide bonds. The highest BCUT2D eigenvalue weighted by Crippen LogP contribution is 2.09. The first-order chi connectivity index (χ1) is 8.73. The molecule has 8 heteroatoms. The number of rotatable bonds is 4. The van der Waals surface area contributed by atoms with E-state index in [9.17, 15) is 19.2 Å². The molecule has 0 aliphatic rings. The maximum Gasteiger partial charge on any atom is 0.329 e. The molecule has 1 heterocycles. The Hall–Kier alpha value is -2.38. The summed E-state index contributed by atoms with van der Waals surface area (Å²) in [6.45, 7) is 2.93. The average molecular weight is 269 g/mol. The standard InChI is InChI=1S/C11H15N3O5/c1-4-11(2,9(17)18)13-7(15)6-5-12-10(19)14(3)8(6)16/h5H,4H2,1-3H3,(H,12,19)(H,13,15)(H,17,18). The Bertz CT molecular complexity index is 630. The first-order valence-electron chi connectivity index (χ1n) is 5.57. The summed E-state index contributed by atoms with van der Waals surface area (Å²) in [5.74, 6) is -2.05. The second-order valence-electron chi connectivity index (χ2n) is 4.32. The van der Waals surface area contributed by atoms with Gasteiger partial charge in [0.15, 0.2) is 0 Å². The third kappa shape index (κ3) is 2.72. The third-order valence-corrected chi connectivity index (χ3v) is 2.99. The molecule has 1 unspecified atom stereocenters. The summed E-state index contributed by atoms with van der Waals surface area (Å²) in [6.07, 6.45) is 1.12. The van der Waals surface area contributed by atoms with E-state index >= 15 is 0 Å². The molecule has 1 aromatic heterocycles. The van der Waals surface area contributed by atoms with Crippen molar-refractivity contribution in [3.63, 3.8) is 0 Å². The summed E-state index contributed by atoms with van der Waals surface area (Å²) in [5.41, 5.74) is -3.23. The maximum atomic E-state index is 11.9. The van der Waals surface area contributed by atoms with Gasteiger partial charge < -0.3 is 15.4 Å². The van der Waals surface area contributed by atoms with Crippen LogP contribution < -0.4 is 16.6 Å². The van der Waals surface area contributed by atoms with Crippen LogP contribution >= 0.6 is 0 Å². The van der Waals surface area contributed by atoms with Gasteiger partial charge in [-0.25, -0.2) is 9.59 Å². The van der Waals surface area contributed by atoms with Crippen molar-refractivity contribution >= 4 is 11.9 Å². The second-order valence-corrected chi connectivity index (χ2v) is 4.32. The van der Waals surface area contributed by atoms with Crippen LogP contribution in [0.3, 0.4) is 0 Å². The number of nitrogens with one attached hydrogen (secondary N) is 2. The summed E-state index contributed by atoms with van der Waals surface area (Å²) in [5, 5.41) is 11.3. The number of aliphatic carboxylic acids is 1. The lowest BCUT2D eigenvalue weighted by molar-refractivity contribution is -0.143. The Labute approximate surface area is 108 Å². The molecule has 3 N–H and O–H groups in total. The Balaban J connectivity index is 3.17. The maximum absolute atomic E-state index is 11.9. The smallest absolute Gasteiger partial charge is 0.329 e. The van der Waals surface area contributed by atoms with Gasteiger partial charge in [-0.05, 0) is 13.3 Å². The normalized spacial score (nSPS) is 13.6. The number of hydrogen-bond acceptors (Lipinski definition) is 4. The zero-order chi connectivity index (χ0) is 14.8. The van der Waals surface area contributed by atoms with Gasteiger partial charge in [-0.3, -0.25) is 14.2 Å². The van der Waals surface area contributed by atoms with Crippen LogP contribution in [0.4, 0.5) is 0 Å². The van der Waals surface area contributed by atoms with Crippen molar-refractivity contribution in [2.75, 3.05) is 0 Å². The Morgan fingerprint density at radius 1 is 1.47 bits per heavy atom. The van der Waals surface area contributed by atoms with Crippen molar-refractivity contribution < 1.29 is 14.7 Å². The molecule has 0 spiro atoms. The van der Waals surface area contributed by atoms with E-state index in [2.05, 4.69) is 10.3 Å². The van der Waals surface area contributed by atoms with Crippen LogP contribution in [0.15, 0.2) is 15.8 Å². The fourth-order valence-corrected chi connectivity index (χ4v) is 1.34. The van der Waals surface area contributed by atoms with Gasteiger partial charge in [0.2, 0.25) is 0 Å². The number of carbonyl (C=O) groups excluding carboxylic acids is 1. The van der Waals surface area contributed by atoms with Crippen LogP contribution in [0, 0.1) is 0 Å². The van der Waals surface area contributed by atoms with Crippen molar-refractivity contribution in [1.29, 1.82) is 0 Å². The molecule has 8 nitrogen and oxygen atoms in total. The van der Waals surface area contributed by atoms with Crippen molar-refractivity contribution in [2.45, 2.75) is 25.8 Å². The molecule has 1 atom stereocenters. The first-order valence-corrected chi connectivity index (χ1v) is 5.57. The second kappa shape index (κ2) is 5.09. The molecule has 104 valence electrons. The first kappa shape index (κ1) is 14.7. The molecule has 0 radical (unpaired) electrons. The molecule has 0 aliphatic heterocycles. The van der Waals surface area contributed by atoms with E-state index in [4.69, 9.17) is 5.11 Å². The van der Waals surface area contributed by atoms with E-state index in [1.807, 2.05) is 0 Å². The van der Waals surface area contributed by atoms with Crippen molar-refractivity contribution in [3.8, 4) is 0 Å². The van der Waals surface area contributed by atoms with E-state index in [1.54, 1.807) is 6.92 Å². The molecule has 1 rings (SSSR count). The van der Waals surface area contributed by atoms with Crippen LogP contribution in [-0.4, -0.2) is 32.1 Å². The topological polar surface area (TPSA) is 121 Å². The number of carboxylic acids is 1. The molecule has 1 aromatic rings. The molecule has 19 heavy (non-hydrogen) atoms. The molecular formula is C11H15N3O5. The van der Waals surface area contributed by atoms with E-state index in [0.29, 0.717) is 0 Å². The highest BCUT2D eigenvalue weighted by molar-refractivity contribution is 5.97. The summed E-state index contributed by atoms with van der Waals surface area (Å²) < 4.78 is 0.735. The van der Waals surface area contributed by atoms with Crippen LogP contribution in [0.1, 0.15) is 30.6 Å². The van der Waals surface area contributed by atoms with Gasteiger partial charge in [0.25, 0.3) is 11.5 Å². The highest BCUT2D eigenvalue weighted by atomic mass is 16.4. The molecule has 0 bridgehead atoms. The number of aromatic amines is 1. The number of carbonyl (C=O) groups is 2. The summed E-state index contributed by atoms with van der Waals surface area (Å²) in [7, 11) is 1.22. The number of H-pyrrole nitrogens is 1. The summed E-state index contributed by atoms with van der Waals surface area (Å²) >= 11 is 0. The van der Waals surface area contributed by atoms with Crippen molar-refractivity contribution in [1.82, 2.24) is 14.9 Å². The highest BCUT2D eigenvalue weighted by Gasteiger charge is 2.33. The van der Waals surface area contributed by atoms with Crippen LogP contribution in [0.2, 0.25) is 0 Å². The van der Waals surface area contributed by atoms with Gasteiger partial charge in [0.1, 0.15) is 11.1 Å². The minimum atomic E-state index is -1.47. The minimum absolute atomic E-state index is 0.151. The zero-order valence-corrected chi connectivity index (χ0v) is 10.8. The number of hydrogen-bond donors (Lipinski definition) is 3. The van der Waals surface area contributed by atoms with Crippen LogP contribution in [0.25, 0.3) is 0 Å². The fraction of sp³-hybridized carbons (Fsp3) is 0.455. The van der Waals surface area contributed by atoms with Gasteiger partial charge in [-0.1, -0.05) is 6.92 Å². The Morgan fingerprint density at radius 2 is 2.05 bits per heavy atom. The van der Waals surface area contributed by atoms with E-state index in [1.165, 1.54) is 14.0 Å². The predicted octanol–water partition coefficient (Wildman–Crippen LogP) is -0.943. The van der Waals surface area contributed by atoms with Crippen LogP contribution in [0.5, 0.6) is 0 Å². The Kier molecular flexibility index (Phi) is 3.93. The average Bonchev–Trinajstić information content (AvgIpc) is 2.35. The SMILES string of the molecule is CCC(C)(NC(=O)c1c[nH]c(=O)n(C)c1=O)C(=O)O. The van der Waals surface area contributed by atoms with Gasteiger partial charge in [-0.2, -0.15) is 0 Å². The third-order valence-electron chi connectivity index (χ3n) is 2.99.